The number of hydrogen-bond donors (Lipinski definition) is 0. The number of benzene rings is 1. The van der Waals surface area contributed by atoms with Crippen molar-refractivity contribution in [2.45, 2.75) is 67.2 Å². The molecule has 0 bridgehead atoms. The summed E-state index contributed by atoms with van der Waals surface area (Å²) in [4.78, 5) is 0. The summed E-state index contributed by atoms with van der Waals surface area (Å²) in [5.74, 6) is 2.10. The topological polar surface area (TPSA) is 0 Å². The second kappa shape index (κ2) is 6.41. The van der Waals surface area contributed by atoms with Crippen LogP contribution in [0, 0.1) is 18.8 Å². The summed E-state index contributed by atoms with van der Waals surface area (Å²) in [6.07, 6.45) is 2.43. The van der Waals surface area contributed by atoms with Crippen LogP contribution in [0.4, 0.5) is 0 Å². The SMILES string of the molecule is Cc1ccc(CC(C)C)c(CC(C)C)c1C(C)C. The lowest BCUT2D eigenvalue weighted by Crippen LogP contribution is -2.09. The van der Waals surface area contributed by atoms with Crippen molar-refractivity contribution >= 4 is 0 Å². The van der Waals surface area contributed by atoms with Crippen LogP contribution in [0.15, 0.2) is 12.1 Å². The maximum absolute atomic E-state index is 2.36. The van der Waals surface area contributed by atoms with Gasteiger partial charge in [-0.25, -0.2) is 0 Å². The number of hydrogen-bond acceptors (Lipinski definition) is 0. The molecule has 0 N–H and O–H groups in total. The standard InChI is InChI=1S/C18H30/c1-12(2)10-16-9-8-15(7)18(14(5)6)17(16)11-13(3)4/h8-9,12-14H,10-11H2,1-7H3. The minimum atomic E-state index is 0.630. The second-order valence-electron chi connectivity index (χ2n) is 6.78. The van der Waals surface area contributed by atoms with Crippen molar-refractivity contribution in [3.63, 3.8) is 0 Å². The van der Waals surface area contributed by atoms with Crippen molar-refractivity contribution in [1.82, 2.24) is 0 Å². The van der Waals surface area contributed by atoms with E-state index in [1.54, 1.807) is 16.7 Å². The molecule has 0 fully saturated rings. The number of aryl methyl sites for hydroxylation is 1. The molecule has 102 valence electrons. The zero-order valence-corrected chi connectivity index (χ0v) is 13.3. The van der Waals surface area contributed by atoms with Gasteiger partial charge in [-0.3, -0.25) is 0 Å². The van der Waals surface area contributed by atoms with Crippen LogP contribution in [0.1, 0.15) is 69.7 Å². The first kappa shape index (κ1) is 15.3. The Morgan fingerprint density at radius 2 is 1.39 bits per heavy atom. The van der Waals surface area contributed by atoms with Crippen molar-refractivity contribution in [2.75, 3.05) is 0 Å². The van der Waals surface area contributed by atoms with Gasteiger partial charge in [0.15, 0.2) is 0 Å². The predicted octanol–water partition coefficient (Wildman–Crippen LogP) is 5.52. The maximum atomic E-state index is 2.36. The van der Waals surface area contributed by atoms with E-state index in [4.69, 9.17) is 0 Å². The largest absolute Gasteiger partial charge is 0.0625 e. The molecule has 18 heavy (non-hydrogen) atoms. The van der Waals surface area contributed by atoms with Crippen molar-refractivity contribution < 1.29 is 0 Å². The number of rotatable bonds is 5. The highest BCUT2D eigenvalue weighted by atomic mass is 14.2. The van der Waals surface area contributed by atoms with E-state index in [-0.39, 0.29) is 0 Å². The highest BCUT2D eigenvalue weighted by Crippen LogP contribution is 2.30. The Morgan fingerprint density at radius 3 is 1.83 bits per heavy atom. The van der Waals surface area contributed by atoms with Crippen LogP contribution in [0.3, 0.4) is 0 Å². The zero-order valence-electron chi connectivity index (χ0n) is 13.3. The van der Waals surface area contributed by atoms with Gasteiger partial charge in [-0.05, 0) is 59.8 Å². The van der Waals surface area contributed by atoms with E-state index < -0.39 is 0 Å². The Morgan fingerprint density at radius 1 is 0.833 bits per heavy atom. The molecule has 0 heteroatoms. The lowest BCUT2D eigenvalue weighted by atomic mass is 9.83. The van der Waals surface area contributed by atoms with Crippen molar-refractivity contribution in [2.24, 2.45) is 11.8 Å². The third-order valence-corrected chi connectivity index (χ3v) is 3.49. The smallest absolute Gasteiger partial charge is 0.0213 e. The molecule has 0 radical (unpaired) electrons. The molecule has 0 saturated heterocycles. The maximum Gasteiger partial charge on any atom is -0.0213 e. The Labute approximate surface area is 114 Å². The van der Waals surface area contributed by atoms with Gasteiger partial charge in [0.05, 0.1) is 0 Å². The Bertz CT molecular complexity index is 383. The van der Waals surface area contributed by atoms with Gasteiger partial charge >= 0.3 is 0 Å². The van der Waals surface area contributed by atoms with Crippen LogP contribution >= 0.6 is 0 Å². The van der Waals surface area contributed by atoms with E-state index in [9.17, 15) is 0 Å². The fourth-order valence-corrected chi connectivity index (χ4v) is 2.91. The Balaban J connectivity index is 3.29. The summed E-state index contributed by atoms with van der Waals surface area (Å²) in [5, 5.41) is 0. The van der Waals surface area contributed by atoms with Gasteiger partial charge in [0, 0.05) is 0 Å². The Kier molecular flexibility index (Phi) is 5.44. The molecular formula is C18H30. The van der Waals surface area contributed by atoms with Crippen LogP contribution in [0.5, 0.6) is 0 Å². The van der Waals surface area contributed by atoms with Gasteiger partial charge in [0.2, 0.25) is 0 Å². The van der Waals surface area contributed by atoms with Gasteiger partial charge in [-0.2, -0.15) is 0 Å². The summed E-state index contributed by atoms with van der Waals surface area (Å²) < 4.78 is 0. The van der Waals surface area contributed by atoms with Crippen LogP contribution in [-0.2, 0) is 12.8 Å². The molecule has 1 rings (SSSR count). The van der Waals surface area contributed by atoms with Gasteiger partial charge in [0.1, 0.15) is 0 Å². The normalized spacial score (nSPS) is 11.9. The summed E-state index contributed by atoms with van der Waals surface area (Å²) in [7, 11) is 0. The monoisotopic (exact) mass is 246 g/mol. The molecule has 0 unspecified atom stereocenters. The predicted molar refractivity (Wildman–Crippen MR) is 82.4 cm³/mol. The summed E-state index contributed by atoms with van der Waals surface area (Å²) >= 11 is 0. The molecule has 0 aromatic heterocycles. The van der Waals surface area contributed by atoms with Crippen molar-refractivity contribution in [3.05, 3.63) is 34.4 Å². The van der Waals surface area contributed by atoms with Crippen LogP contribution in [-0.4, -0.2) is 0 Å². The lowest BCUT2D eigenvalue weighted by molar-refractivity contribution is 0.608. The first-order valence-electron chi connectivity index (χ1n) is 7.44. The molecule has 1 aromatic carbocycles. The van der Waals surface area contributed by atoms with E-state index in [0.717, 1.165) is 11.8 Å². The average Bonchev–Trinajstić information content (AvgIpc) is 2.20. The molecule has 0 saturated carbocycles. The molecule has 0 aliphatic heterocycles. The van der Waals surface area contributed by atoms with E-state index in [1.807, 2.05) is 0 Å². The van der Waals surface area contributed by atoms with Gasteiger partial charge in [0.25, 0.3) is 0 Å². The summed E-state index contributed by atoms with van der Waals surface area (Å²) in [6, 6.07) is 4.68. The summed E-state index contributed by atoms with van der Waals surface area (Å²) in [6.45, 7) is 16.2. The second-order valence-corrected chi connectivity index (χ2v) is 6.78. The first-order chi connectivity index (χ1) is 8.32. The van der Waals surface area contributed by atoms with Crippen LogP contribution < -0.4 is 0 Å². The average molecular weight is 246 g/mol. The third-order valence-electron chi connectivity index (χ3n) is 3.49. The highest BCUT2D eigenvalue weighted by molar-refractivity contribution is 5.43. The van der Waals surface area contributed by atoms with Crippen molar-refractivity contribution in [1.29, 1.82) is 0 Å². The van der Waals surface area contributed by atoms with Gasteiger partial charge in [-0.1, -0.05) is 53.7 Å². The quantitative estimate of drug-likeness (QED) is 0.642. The van der Waals surface area contributed by atoms with E-state index >= 15 is 0 Å². The molecule has 0 atom stereocenters. The molecule has 0 heterocycles. The first-order valence-corrected chi connectivity index (χ1v) is 7.44. The van der Waals surface area contributed by atoms with E-state index in [2.05, 4.69) is 60.6 Å². The Hall–Kier alpha value is -0.780. The van der Waals surface area contributed by atoms with E-state index in [1.165, 1.54) is 18.4 Å². The fraction of sp³-hybridized carbons (Fsp3) is 0.667. The molecule has 0 nitrogen and oxygen atoms in total. The molecular weight excluding hydrogens is 216 g/mol. The third kappa shape index (κ3) is 3.86. The minimum absolute atomic E-state index is 0.630. The van der Waals surface area contributed by atoms with Crippen LogP contribution in [0.25, 0.3) is 0 Å². The van der Waals surface area contributed by atoms with Crippen molar-refractivity contribution in [3.8, 4) is 0 Å². The molecule has 0 aliphatic carbocycles. The lowest BCUT2D eigenvalue weighted by Gasteiger charge is -2.22. The fourth-order valence-electron chi connectivity index (χ4n) is 2.91. The minimum Gasteiger partial charge on any atom is -0.0625 e. The molecule has 0 amide bonds. The van der Waals surface area contributed by atoms with Gasteiger partial charge < -0.3 is 0 Å². The highest BCUT2D eigenvalue weighted by Gasteiger charge is 2.15. The molecule has 0 aliphatic rings. The summed E-state index contributed by atoms with van der Waals surface area (Å²) in [5.41, 5.74) is 6.27. The van der Waals surface area contributed by atoms with Gasteiger partial charge in [-0.15, -0.1) is 0 Å². The molecule has 0 spiro atoms. The van der Waals surface area contributed by atoms with E-state index in [0.29, 0.717) is 5.92 Å². The molecule has 1 aromatic rings. The zero-order chi connectivity index (χ0) is 13.9. The van der Waals surface area contributed by atoms with Crippen LogP contribution in [0.2, 0.25) is 0 Å².